The molecule has 1 aromatic carbocycles. The maximum absolute atomic E-state index is 12.3. The van der Waals surface area contributed by atoms with Crippen molar-refractivity contribution in [1.82, 2.24) is 9.62 Å². The van der Waals surface area contributed by atoms with E-state index < -0.39 is 10.0 Å². The van der Waals surface area contributed by atoms with Crippen LogP contribution in [0.25, 0.3) is 0 Å². The molecule has 6 heteroatoms. The van der Waals surface area contributed by atoms with Gasteiger partial charge in [0.2, 0.25) is 15.9 Å². The summed E-state index contributed by atoms with van der Waals surface area (Å²) in [6.07, 6.45) is 5.76. The Hall–Kier alpha value is -1.40. The van der Waals surface area contributed by atoms with Gasteiger partial charge in [0, 0.05) is 26.1 Å². The van der Waals surface area contributed by atoms with E-state index >= 15 is 0 Å². The summed E-state index contributed by atoms with van der Waals surface area (Å²) < 4.78 is 26.2. The molecule has 0 aliphatic carbocycles. The number of carbonyl (C=O) groups is 1. The molecule has 1 aromatic rings. The maximum Gasteiger partial charge on any atom is 0.240 e. The molecule has 1 amide bonds. The maximum atomic E-state index is 12.3. The van der Waals surface area contributed by atoms with Crippen LogP contribution in [0, 0.1) is 0 Å². The first-order chi connectivity index (χ1) is 11.0. The molecule has 0 unspecified atom stereocenters. The van der Waals surface area contributed by atoms with Crippen LogP contribution in [0.1, 0.15) is 44.6 Å². The average Bonchev–Trinajstić information content (AvgIpc) is 2.82. The monoisotopic (exact) mass is 338 g/mol. The molecular weight excluding hydrogens is 312 g/mol. The quantitative estimate of drug-likeness (QED) is 0.865. The zero-order valence-corrected chi connectivity index (χ0v) is 14.6. The molecule has 128 valence electrons. The molecule has 0 spiro atoms. The van der Waals surface area contributed by atoms with Crippen molar-refractivity contribution < 1.29 is 13.2 Å². The van der Waals surface area contributed by atoms with Crippen molar-refractivity contribution >= 4 is 15.9 Å². The van der Waals surface area contributed by atoms with Crippen molar-refractivity contribution in [2.75, 3.05) is 19.6 Å². The van der Waals surface area contributed by atoms with Gasteiger partial charge in [-0.1, -0.05) is 31.9 Å². The topological polar surface area (TPSA) is 66.5 Å². The minimum Gasteiger partial charge on any atom is -0.343 e. The number of hydrogen-bond donors (Lipinski definition) is 1. The van der Waals surface area contributed by atoms with Crippen molar-refractivity contribution in [3.05, 3.63) is 29.8 Å². The smallest absolute Gasteiger partial charge is 0.240 e. The van der Waals surface area contributed by atoms with Crippen molar-refractivity contribution in [3.8, 4) is 0 Å². The number of aryl methyl sites for hydroxylation is 1. The second-order valence-corrected chi connectivity index (χ2v) is 7.71. The lowest BCUT2D eigenvalue weighted by molar-refractivity contribution is -0.131. The van der Waals surface area contributed by atoms with Gasteiger partial charge in [0.15, 0.2) is 0 Å². The molecule has 0 aromatic heterocycles. The second-order valence-electron chi connectivity index (χ2n) is 5.94. The molecule has 0 bridgehead atoms. The van der Waals surface area contributed by atoms with Gasteiger partial charge in [-0.3, -0.25) is 4.79 Å². The Balaban J connectivity index is 1.89. The summed E-state index contributed by atoms with van der Waals surface area (Å²) in [6, 6.07) is 6.79. The van der Waals surface area contributed by atoms with Gasteiger partial charge in [-0.2, -0.15) is 0 Å². The first kappa shape index (κ1) is 17.9. The summed E-state index contributed by atoms with van der Waals surface area (Å²) in [5.41, 5.74) is 0.989. The summed E-state index contributed by atoms with van der Waals surface area (Å²) in [7, 11) is -3.40. The molecule has 2 rings (SSSR count). The highest BCUT2D eigenvalue weighted by atomic mass is 32.2. The van der Waals surface area contributed by atoms with Crippen molar-refractivity contribution in [2.24, 2.45) is 0 Å². The van der Waals surface area contributed by atoms with Crippen LogP contribution in [-0.4, -0.2) is 38.9 Å². The fourth-order valence-corrected chi connectivity index (χ4v) is 3.88. The van der Waals surface area contributed by atoms with E-state index in [9.17, 15) is 13.2 Å². The van der Waals surface area contributed by atoms with E-state index in [0.717, 1.165) is 31.5 Å². The third-order valence-electron chi connectivity index (χ3n) is 4.15. The van der Waals surface area contributed by atoms with E-state index in [1.807, 2.05) is 4.90 Å². The fourth-order valence-electron chi connectivity index (χ4n) is 2.84. The van der Waals surface area contributed by atoms with Crippen molar-refractivity contribution in [1.29, 1.82) is 0 Å². The second kappa shape index (κ2) is 8.45. The molecule has 23 heavy (non-hydrogen) atoms. The van der Waals surface area contributed by atoms with Crippen LogP contribution >= 0.6 is 0 Å². The van der Waals surface area contributed by atoms with Gasteiger partial charge in [-0.05, 0) is 37.0 Å². The summed E-state index contributed by atoms with van der Waals surface area (Å²) in [6.45, 7) is 3.87. The first-order valence-corrected chi connectivity index (χ1v) is 9.87. The Labute approximate surface area is 139 Å². The van der Waals surface area contributed by atoms with E-state index in [2.05, 4.69) is 4.72 Å². The van der Waals surface area contributed by atoms with Crippen LogP contribution in [0.2, 0.25) is 0 Å². The number of hydrogen-bond acceptors (Lipinski definition) is 3. The Kier molecular flexibility index (Phi) is 6.59. The van der Waals surface area contributed by atoms with Crippen LogP contribution in [0.5, 0.6) is 0 Å². The van der Waals surface area contributed by atoms with Gasteiger partial charge in [-0.15, -0.1) is 0 Å². The molecule has 0 saturated carbocycles. The molecule has 1 aliphatic rings. The highest BCUT2D eigenvalue weighted by Crippen LogP contribution is 2.14. The molecule has 1 heterocycles. The van der Waals surface area contributed by atoms with E-state index in [1.54, 1.807) is 31.2 Å². The van der Waals surface area contributed by atoms with Gasteiger partial charge in [-0.25, -0.2) is 13.1 Å². The van der Waals surface area contributed by atoms with E-state index in [1.165, 1.54) is 12.8 Å². The zero-order valence-electron chi connectivity index (χ0n) is 13.8. The molecule has 1 aliphatic heterocycles. The molecular formula is C17H26N2O3S. The van der Waals surface area contributed by atoms with Crippen LogP contribution in [0.3, 0.4) is 0 Å². The van der Waals surface area contributed by atoms with Crippen LogP contribution < -0.4 is 4.72 Å². The fraction of sp³-hybridized carbons (Fsp3) is 0.588. The number of carbonyl (C=O) groups excluding carboxylic acids is 1. The Morgan fingerprint density at radius 3 is 2.26 bits per heavy atom. The predicted molar refractivity (Wildman–Crippen MR) is 90.7 cm³/mol. The molecule has 5 nitrogen and oxygen atoms in total. The lowest BCUT2D eigenvalue weighted by Crippen LogP contribution is -2.31. The number of benzene rings is 1. The number of amides is 1. The third-order valence-corrected chi connectivity index (χ3v) is 5.72. The standard InChI is InChI=1S/C17H26N2O3S/c1-2-18-23(21,22)16-10-7-15(8-11-16)9-12-17(20)19-13-5-3-4-6-14-19/h7-8,10-11,18H,2-6,9,12-14H2,1H3. The molecule has 0 atom stereocenters. The summed E-state index contributed by atoms with van der Waals surface area (Å²) in [5.74, 6) is 0.205. The summed E-state index contributed by atoms with van der Waals surface area (Å²) in [5, 5.41) is 0. The number of nitrogens with one attached hydrogen (secondary N) is 1. The van der Waals surface area contributed by atoms with E-state index in [4.69, 9.17) is 0 Å². The average molecular weight is 338 g/mol. The van der Waals surface area contributed by atoms with Gasteiger partial charge >= 0.3 is 0 Å². The lowest BCUT2D eigenvalue weighted by atomic mass is 10.1. The zero-order chi connectivity index (χ0) is 16.7. The van der Waals surface area contributed by atoms with Gasteiger partial charge < -0.3 is 4.90 Å². The summed E-state index contributed by atoms with van der Waals surface area (Å²) in [4.78, 5) is 14.5. The molecule has 0 radical (unpaired) electrons. The molecule has 1 saturated heterocycles. The predicted octanol–water partition coefficient (Wildman–Crippen LogP) is 2.32. The minimum atomic E-state index is -3.40. The van der Waals surface area contributed by atoms with Gasteiger partial charge in [0.1, 0.15) is 0 Å². The Morgan fingerprint density at radius 2 is 1.70 bits per heavy atom. The first-order valence-electron chi connectivity index (χ1n) is 8.39. The van der Waals surface area contributed by atoms with Crippen LogP contribution in [0.15, 0.2) is 29.2 Å². The normalized spacial score (nSPS) is 16.1. The molecule has 1 fully saturated rings. The largest absolute Gasteiger partial charge is 0.343 e. The minimum absolute atomic E-state index is 0.205. The Bertz CT molecular complexity index is 603. The van der Waals surface area contributed by atoms with Crippen molar-refractivity contribution in [3.63, 3.8) is 0 Å². The molecule has 1 N–H and O–H groups in total. The van der Waals surface area contributed by atoms with E-state index in [-0.39, 0.29) is 10.8 Å². The van der Waals surface area contributed by atoms with Crippen molar-refractivity contribution in [2.45, 2.75) is 50.3 Å². The number of likely N-dealkylation sites (tertiary alicyclic amines) is 1. The van der Waals surface area contributed by atoms with E-state index in [0.29, 0.717) is 19.4 Å². The number of rotatable bonds is 6. The highest BCUT2D eigenvalue weighted by molar-refractivity contribution is 7.89. The SMILES string of the molecule is CCNS(=O)(=O)c1ccc(CCC(=O)N2CCCCCC2)cc1. The third kappa shape index (κ3) is 5.32. The van der Waals surface area contributed by atoms with Gasteiger partial charge in [0.25, 0.3) is 0 Å². The lowest BCUT2D eigenvalue weighted by Gasteiger charge is -2.20. The number of nitrogens with zero attached hydrogens (tertiary/aromatic N) is 1. The Morgan fingerprint density at radius 1 is 1.09 bits per heavy atom. The summed E-state index contributed by atoms with van der Waals surface area (Å²) >= 11 is 0. The number of sulfonamides is 1. The highest BCUT2D eigenvalue weighted by Gasteiger charge is 2.16. The van der Waals surface area contributed by atoms with Gasteiger partial charge in [0.05, 0.1) is 4.90 Å². The van der Waals surface area contributed by atoms with Crippen LogP contribution in [0.4, 0.5) is 0 Å². The van der Waals surface area contributed by atoms with Crippen LogP contribution in [-0.2, 0) is 21.2 Å².